The number of carbonyl (C=O) groups is 1. The average molecular weight is 548 g/mol. The number of carbonyl (C=O) groups excluding carboxylic acids is 1. The molecule has 3 aromatic carbocycles. The van der Waals surface area contributed by atoms with Gasteiger partial charge in [0.25, 0.3) is 8.32 Å². The first-order valence-corrected chi connectivity index (χ1v) is 15.3. The number of hydrogen-bond acceptors (Lipinski definition) is 5. The van der Waals surface area contributed by atoms with Crippen molar-refractivity contribution in [2.24, 2.45) is 0 Å². The van der Waals surface area contributed by atoms with Gasteiger partial charge in [-0.15, -0.1) is 6.58 Å². The molecule has 0 saturated carbocycles. The van der Waals surface area contributed by atoms with Crippen molar-refractivity contribution in [2.75, 3.05) is 13.2 Å². The topological polar surface area (TPSA) is 77.0 Å². The molecule has 0 aliphatic rings. The fourth-order valence-corrected chi connectivity index (χ4v) is 9.49. The first kappa shape index (κ1) is 30.3. The lowest BCUT2D eigenvalue weighted by atomic mass is 10.2. The monoisotopic (exact) mass is 547 g/mol. The second-order valence-corrected chi connectivity index (χ2v) is 14.7. The van der Waals surface area contributed by atoms with Crippen LogP contribution in [0.15, 0.2) is 104 Å². The minimum Gasteiger partial charge on any atom is -0.445 e. The van der Waals surface area contributed by atoms with Crippen LogP contribution in [0.4, 0.5) is 4.79 Å². The molecule has 0 bridgehead atoms. The van der Waals surface area contributed by atoms with Gasteiger partial charge in [0, 0.05) is 6.61 Å². The van der Waals surface area contributed by atoms with Crippen LogP contribution in [0.5, 0.6) is 0 Å². The minimum absolute atomic E-state index is 0.00671. The maximum absolute atomic E-state index is 12.9. The van der Waals surface area contributed by atoms with Gasteiger partial charge in [-0.2, -0.15) is 0 Å². The Labute approximate surface area is 233 Å². The van der Waals surface area contributed by atoms with Crippen LogP contribution >= 0.6 is 0 Å². The summed E-state index contributed by atoms with van der Waals surface area (Å²) in [5.41, 5.74) is 0.886. The Balaban J connectivity index is 2.00. The van der Waals surface area contributed by atoms with Crippen LogP contribution in [0.1, 0.15) is 39.2 Å². The van der Waals surface area contributed by atoms with Gasteiger partial charge in [0.15, 0.2) is 6.23 Å². The highest BCUT2D eigenvalue weighted by Gasteiger charge is 2.52. The summed E-state index contributed by atoms with van der Waals surface area (Å²) in [6.07, 6.45) is 0.607. The van der Waals surface area contributed by atoms with Crippen molar-refractivity contribution in [3.8, 4) is 0 Å². The molecular formula is C32H41NO5Si. The van der Waals surface area contributed by atoms with E-state index in [9.17, 15) is 9.90 Å². The molecule has 208 valence electrons. The van der Waals surface area contributed by atoms with Gasteiger partial charge in [0.1, 0.15) is 6.61 Å². The van der Waals surface area contributed by atoms with E-state index in [1.807, 2.05) is 66.7 Å². The maximum Gasteiger partial charge on any atom is 0.409 e. The van der Waals surface area contributed by atoms with Gasteiger partial charge < -0.3 is 19.0 Å². The summed E-state index contributed by atoms with van der Waals surface area (Å²) < 4.78 is 18.9. The van der Waals surface area contributed by atoms with Crippen molar-refractivity contribution in [3.63, 3.8) is 0 Å². The van der Waals surface area contributed by atoms with Crippen molar-refractivity contribution in [1.82, 2.24) is 5.32 Å². The fourth-order valence-electron chi connectivity index (χ4n) is 4.78. The molecule has 0 unspecified atom stereocenters. The van der Waals surface area contributed by atoms with Crippen molar-refractivity contribution in [2.45, 2.75) is 57.6 Å². The van der Waals surface area contributed by atoms with Gasteiger partial charge in [0.2, 0.25) is 0 Å². The molecule has 7 heteroatoms. The highest BCUT2D eigenvalue weighted by molar-refractivity contribution is 6.99. The SMILES string of the molecule is C=CCO[C@@H](NC(=O)OCc1ccccc1)[C@H](CCCO)O[Si](c1ccccc1)(c1ccccc1)C(C)(C)C. The normalized spacial score (nSPS) is 13.3. The average Bonchev–Trinajstić information content (AvgIpc) is 2.95. The third-order valence-electron chi connectivity index (χ3n) is 6.60. The number of nitrogens with one attached hydrogen (secondary N) is 1. The van der Waals surface area contributed by atoms with Gasteiger partial charge in [-0.3, -0.25) is 5.32 Å². The number of amides is 1. The largest absolute Gasteiger partial charge is 0.445 e. The van der Waals surface area contributed by atoms with Gasteiger partial charge >= 0.3 is 6.09 Å². The van der Waals surface area contributed by atoms with Crippen molar-refractivity contribution >= 4 is 24.8 Å². The minimum atomic E-state index is -2.97. The Morgan fingerprint density at radius 2 is 1.49 bits per heavy atom. The highest BCUT2D eigenvalue weighted by atomic mass is 28.4. The molecule has 0 radical (unpaired) electrons. The van der Waals surface area contributed by atoms with Gasteiger partial charge in [-0.05, 0) is 33.8 Å². The highest BCUT2D eigenvalue weighted by Crippen LogP contribution is 2.38. The third-order valence-corrected chi connectivity index (χ3v) is 11.7. The molecule has 0 heterocycles. The Kier molecular flexibility index (Phi) is 11.5. The van der Waals surface area contributed by atoms with Gasteiger partial charge in [-0.25, -0.2) is 4.79 Å². The molecule has 0 aliphatic carbocycles. The fraction of sp³-hybridized carbons (Fsp3) is 0.344. The molecule has 39 heavy (non-hydrogen) atoms. The summed E-state index contributed by atoms with van der Waals surface area (Å²) in [5.74, 6) is 0. The second kappa shape index (κ2) is 14.8. The van der Waals surface area contributed by atoms with E-state index in [0.29, 0.717) is 12.8 Å². The summed E-state index contributed by atoms with van der Waals surface area (Å²) in [6.45, 7) is 10.7. The Morgan fingerprint density at radius 1 is 0.949 bits per heavy atom. The van der Waals surface area contributed by atoms with Crippen molar-refractivity contribution in [1.29, 1.82) is 0 Å². The quantitative estimate of drug-likeness (QED) is 0.166. The molecule has 2 atom stereocenters. The van der Waals surface area contributed by atoms with E-state index < -0.39 is 26.7 Å². The van der Waals surface area contributed by atoms with E-state index in [4.69, 9.17) is 13.9 Å². The number of ether oxygens (including phenoxy) is 2. The molecule has 0 saturated heterocycles. The van der Waals surface area contributed by atoms with Crippen LogP contribution in [-0.4, -0.2) is 45.1 Å². The molecular weight excluding hydrogens is 506 g/mol. The lowest BCUT2D eigenvalue weighted by Crippen LogP contribution is -2.69. The van der Waals surface area contributed by atoms with Gasteiger partial charge in [0.05, 0.1) is 12.7 Å². The molecule has 1 amide bonds. The van der Waals surface area contributed by atoms with Crippen LogP contribution in [-0.2, 0) is 20.5 Å². The third kappa shape index (κ3) is 8.13. The zero-order valence-electron chi connectivity index (χ0n) is 23.2. The van der Waals surface area contributed by atoms with E-state index >= 15 is 0 Å². The summed E-state index contributed by atoms with van der Waals surface area (Å²) >= 11 is 0. The lowest BCUT2D eigenvalue weighted by molar-refractivity contribution is -0.0417. The number of benzene rings is 3. The predicted octanol–water partition coefficient (Wildman–Crippen LogP) is 5.16. The number of hydrogen-bond donors (Lipinski definition) is 2. The summed E-state index contributed by atoms with van der Waals surface area (Å²) in [7, 11) is -2.97. The second-order valence-electron chi connectivity index (χ2n) is 10.4. The van der Waals surface area contributed by atoms with E-state index in [2.05, 4.69) is 56.9 Å². The number of aliphatic hydroxyl groups excluding tert-OH is 1. The van der Waals surface area contributed by atoms with Crippen LogP contribution in [0.3, 0.4) is 0 Å². The zero-order valence-corrected chi connectivity index (χ0v) is 24.2. The first-order valence-electron chi connectivity index (χ1n) is 13.4. The Bertz CT molecular complexity index is 1100. The lowest BCUT2D eigenvalue weighted by Gasteiger charge is -2.46. The molecule has 3 aromatic rings. The van der Waals surface area contributed by atoms with E-state index in [1.54, 1.807) is 6.08 Å². The van der Waals surface area contributed by atoms with Crippen molar-refractivity contribution in [3.05, 3.63) is 109 Å². The molecule has 0 aliphatic heterocycles. The number of aliphatic hydroxyl groups is 1. The van der Waals surface area contributed by atoms with Crippen LogP contribution in [0, 0.1) is 0 Å². The molecule has 3 rings (SSSR count). The summed E-state index contributed by atoms with van der Waals surface area (Å²) in [5, 5.41) is 14.6. The standard InChI is InChI=1S/C32H41NO5Si/c1-5-24-36-30(33-31(35)37-25-26-16-9-6-10-17-26)29(22-15-23-34)38-39(32(2,3)4,27-18-11-7-12-19-27)28-20-13-8-14-21-28/h5-14,16-21,29-30,34H,1,15,22-25H2,2-4H3,(H,33,35)/t29-,30+/m0/s1. The molecule has 6 nitrogen and oxygen atoms in total. The van der Waals surface area contributed by atoms with Crippen LogP contribution in [0.2, 0.25) is 5.04 Å². The summed E-state index contributed by atoms with van der Waals surface area (Å²) in [6, 6.07) is 30.1. The molecule has 0 fully saturated rings. The molecule has 0 aromatic heterocycles. The Morgan fingerprint density at radius 3 is 1.97 bits per heavy atom. The molecule has 2 N–H and O–H groups in total. The molecule has 0 spiro atoms. The van der Waals surface area contributed by atoms with Gasteiger partial charge in [-0.1, -0.05) is 118 Å². The van der Waals surface area contributed by atoms with Crippen molar-refractivity contribution < 1.29 is 23.8 Å². The number of rotatable bonds is 14. The van der Waals surface area contributed by atoms with E-state index in [1.165, 1.54) is 0 Å². The van der Waals surface area contributed by atoms with E-state index in [-0.39, 0.29) is 24.9 Å². The summed E-state index contributed by atoms with van der Waals surface area (Å²) in [4.78, 5) is 12.9. The maximum atomic E-state index is 12.9. The first-order chi connectivity index (χ1) is 18.8. The predicted molar refractivity (Wildman–Crippen MR) is 159 cm³/mol. The van der Waals surface area contributed by atoms with Crippen LogP contribution < -0.4 is 15.7 Å². The van der Waals surface area contributed by atoms with Crippen LogP contribution in [0.25, 0.3) is 0 Å². The van der Waals surface area contributed by atoms with E-state index in [0.717, 1.165) is 15.9 Å². The Hall–Kier alpha value is -3.23. The smallest absolute Gasteiger partial charge is 0.409 e. The number of alkyl carbamates (subject to hydrolysis) is 1. The zero-order chi connectivity index (χ0) is 28.1.